The number of hydrogen-bond acceptors (Lipinski definition) is 3. The first-order valence-electron chi connectivity index (χ1n) is 6.77. The van der Waals surface area contributed by atoms with Gasteiger partial charge in [0.15, 0.2) is 6.79 Å². The van der Waals surface area contributed by atoms with E-state index in [0.717, 1.165) is 22.4 Å². The Morgan fingerprint density at radius 1 is 1.10 bits per heavy atom. The third-order valence-corrected chi connectivity index (χ3v) is 3.13. The van der Waals surface area contributed by atoms with Crippen LogP contribution in [0.25, 0.3) is 0 Å². The highest BCUT2D eigenvalue weighted by Gasteiger charge is 2.04. The average Bonchev–Trinajstić information content (AvgIpc) is 2.46. The summed E-state index contributed by atoms with van der Waals surface area (Å²) in [5.74, 6) is 0.836. The third kappa shape index (κ3) is 4.08. The summed E-state index contributed by atoms with van der Waals surface area (Å²) in [6.45, 7) is 4.78. The van der Waals surface area contributed by atoms with Crippen molar-refractivity contribution in [3.05, 3.63) is 65.2 Å². The van der Waals surface area contributed by atoms with Crippen LogP contribution in [0.5, 0.6) is 5.75 Å². The van der Waals surface area contributed by atoms with E-state index < -0.39 is 0 Å². The van der Waals surface area contributed by atoms with E-state index in [1.54, 1.807) is 0 Å². The van der Waals surface area contributed by atoms with Crippen LogP contribution in [0.3, 0.4) is 0 Å². The minimum absolute atomic E-state index is 0.0390. The number of ether oxygens (including phenoxy) is 2. The minimum Gasteiger partial charge on any atom is -0.467 e. The van der Waals surface area contributed by atoms with E-state index >= 15 is 0 Å². The van der Waals surface area contributed by atoms with E-state index in [9.17, 15) is 0 Å². The van der Waals surface area contributed by atoms with Gasteiger partial charge >= 0.3 is 0 Å². The molecule has 20 heavy (non-hydrogen) atoms. The van der Waals surface area contributed by atoms with Crippen molar-refractivity contribution in [2.75, 3.05) is 6.79 Å². The van der Waals surface area contributed by atoms with E-state index in [1.807, 2.05) is 56.3 Å². The van der Waals surface area contributed by atoms with Gasteiger partial charge in [0, 0.05) is 6.04 Å². The molecule has 3 nitrogen and oxygen atoms in total. The average molecular weight is 271 g/mol. The molecular formula is C17H21NO2. The van der Waals surface area contributed by atoms with Crippen LogP contribution in [-0.2, 0) is 11.3 Å². The molecule has 0 spiro atoms. The maximum absolute atomic E-state index is 5.85. The highest BCUT2D eigenvalue weighted by molar-refractivity contribution is 5.37. The van der Waals surface area contributed by atoms with Crippen LogP contribution in [0.2, 0.25) is 0 Å². The fourth-order valence-electron chi connectivity index (χ4n) is 1.96. The third-order valence-electron chi connectivity index (χ3n) is 3.13. The molecule has 0 amide bonds. The predicted octanol–water partition coefficient (Wildman–Crippen LogP) is 3.57. The van der Waals surface area contributed by atoms with E-state index in [0.29, 0.717) is 6.61 Å². The fraction of sp³-hybridized carbons (Fsp3) is 0.294. The molecule has 0 radical (unpaired) electrons. The Balaban J connectivity index is 1.82. The van der Waals surface area contributed by atoms with E-state index in [4.69, 9.17) is 15.2 Å². The lowest BCUT2D eigenvalue weighted by Gasteiger charge is -2.12. The first-order valence-corrected chi connectivity index (χ1v) is 6.77. The van der Waals surface area contributed by atoms with Crippen LogP contribution in [-0.4, -0.2) is 6.79 Å². The van der Waals surface area contributed by atoms with Crippen molar-refractivity contribution in [3.63, 3.8) is 0 Å². The zero-order chi connectivity index (χ0) is 14.4. The van der Waals surface area contributed by atoms with Gasteiger partial charge in [-0.05, 0) is 36.6 Å². The Bertz CT molecular complexity index is 538. The molecule has 0 fully saturated rings. The van der Waals surface area contributed by atoms with Crippen LogP contribution in [0.15, 0.2) is 48.5 Å². The van der Waals surface area contributed by atoms with Gasteiger partial charge in [0.05, 0.1) is 6.61 Å². The second-order valence-electron chi connectivity index (χ2n) is 4.91. The maximum Gasteiger partial charge on any atom is 0.189 e. The molecule has 2 N–H and O–H groups in total. The largest absolute Gasteiger partial charge is 0.467 e. The molecule has 0 saturated carbocycles. The molecule has 0 bridgehead atoms. The van der Waals surface area contributed by atoms with Gasteiger partial charge in [0.1, 0.15) is 5.75 Å². The fourth-order valence-corrected chi connectivity index (χ4v) is 1.96. The van der Waals surface area contributed by atoms with Crippen LogP contribution in [0.1, 0.15) is 29.7 Å². The van der Waals surface area contributed by atoms with Gasteiger partial charge < -0.3 is 15.2 Å². The normalized spacial score (nSPS) is 12.2. The highest BCUT2D eigenvalue weighted by Crippen LogP contribution is 2.21. The van der Waals surface area contributed by atoms with Gasteiger partial charge in [0.25, 0.3) is 0 Å². The number of nitrogens with two attached hydrogens (primary N) is 1. The van der Waals surface area contributed by atoms with Crippen molar-refractivity contribution in [1.82, 2.24) is 0 Å². The van der Waals surface area contributed by atoms with Gasteiger partial charge in [-0.2, -0.15) is 0 Å². The number of rotatable bonds is 6. The highest BCUT2D eigenvalue weighted by atomic mass is 16.7. The summed E-state index contributed by atoms with van der Waals surface area (Å²) in [5.41, 5.74) is 9.18. The quantitative estimate of drug-likeness (QED) is 0.645. The van der Waals surface area contributed by atoms with E-state index in [-0.39, 0.29) is 12.8 Å². The monoisotopic (exact) mass is 271 g/mol. The molecule has 3 heteroatoms. The van der Waals surface area contributed by atoms with Crippen LogP contribution < -0.4 is 10.5 Å². The zero-order valence-corrected chi connectivity index (χ0v) is 12.0. The Labute approximate surface area is 120 Å². The zero-order valence-electron chi connectivity index (χ0n) is 12.0. The van der Waals surface area contributed by atoms with Crippen molar-refractivity contribution in [1.29, 1.82) is 0 Å². The second kappa shape index (κ2) is 7.08. The molecule has 0 aromatic heterocycles. The van der Waals surface area contributed by atoms with Crippen LogP contribution in [0.4, 0.5) is 0 Å². The summed E-state index contributed by atoms with van der Waals surface area (Å²) in [5, 5.41) is 0. The SMILES string of the molecule is Cc1cc([C@@H](C)N)ccc1OCOCc1ccccc1. The molecular weight excluding hydrogens is 250 g/mol. The van der Waals surface area contributed by atoms with Gasteiger partial charge in [0.2, 0.25) is 0 Å². The van der Waals surface area contributed by atoms with E-state index in [2.05, 4.69) is 6.07 Å². The molecule has 2 aromatic carbocycles. The summed E-state index contributed by atoms with van der Waals surface area (Å²) in [4.78, 5) is 0. The first kappa shape index (κ1) is 14.6. The molecule has 0 aliphatic carbocycles. The first-order chi connectivity index (χ1) is 9.66. The Kier molecular flexibility index (Phi) is 5.16. The van der Waals surface area contributed by atoms with Crippen molar-refractivity contribution in [3.8, 4) is 5.75 Å². The lowest BCUT2D eigenvalue weighted by Crippen LogP contribution is -2.07. The lowest BCUT2D eigenvalue weighted by molar-refractivity contribution is 0.00467. The number of hydrogen-bond donors (Lipinski definition) is 1. The molecule has 2 aromatic rings. The Hall–Kier alpha value is -1.84. The summed E-state index contributed by atoms with van der Waals surface area (Å²) in [6, 6.07) is 16.1. The van der Waals surface area contributed by atoms with Gasteiger partial charge in [-0.25, -0.2) is 0 Å². The van der Waals surface area contributed by atoms with Crippen molar-refractivity contribution in [2.45, 2.75) is 26.5 Å². The van der Waals surface area contributed by atoms with Gasteiger partial charge in [-0.3, -0.25) is 0 Å². The number of benzene rings is 2. The van der Waals surface area contributed by atoms with Crippen molar-refractivity contribution < 1.29 is 9.47 Å². The molecule has 0 saturated heterocycles. The molecule has 0 heterocycles. The topological polar surface area (TPSA) is 44.5 Å². The maximum atomic E-state index is 5.85. The van der Waals surface area contributed by atoms with Crippen molar-refractivity contribution >= 4 is 0 Å². The summed E-state index contributed by atoms with van der Waals surface area (Å²) in [7, 11) is 0. The molecule has 2 rings (SSSR count). The predicted molar refractivity (Wildman–Crippen MR) is 80.5 cm³/mol. The Morgan fingerprint density at radius 2 is 1.85 bits per heavy atom. The van der Waals surface area contributed by atoms with Crippen molar-refractivity contribution in [2.24, 2.45) is 5.73 Å². The van der Waals surface area contributed by atoms with Crippen LogP contribution in [0, 0.1) is 6.92 Å². The number of aryl methyl sites for hydroxylation is 1. The molecule has 106 valence electrons. The molecule has 0 aliphatic rings. The summed E-state index contributed by atoms with van der Waals surface area (Å²) >= 11 is 0. The molecule has 1 atom stereocenters. The second-order valence-corrected chi connectivity index (χ2v) is 4.91. The van der Waals surface area contributed by atoms with E-state index in [1.165, 1.54) is 0 Å². The Morgan fingerprint density at radius 3 is 2.50 bits per heavy atom. The molecule has 0 aliphatic heterocycles. The summed E-state index contributed by atoms with van der Waals surface area (Å²) in [6.07, 6.45) is 0. The van der Waals surface area contributed by atoms with Gasteiger partial charge in [-0.15, -0.1) is 0 Å². The minimum atomic E-state index is 0.0390. The van der Waals surface area contributed by atoms with Gasteiger partial charge in [-0.1, -0.05) is 42.5 Å². The molecule has 0 unspecified atom stereocenters. The van der Waals surface area contributed by atoms with Crippen LogP contribution >= 0.6 is 0 Å². The lowest BCUT2D eigenvalue weighted by atomic mass is 10.1. The standard InChI is InChI=1S/C17H21NO2/c1-13-10-16(14(2)18)8-9-17(13)20-12-19-11-15-6-4-3-5-7-15/h3-10,14H,11-12,18H2,1-2H3/t14-/m1/s1. The smallest absolute Gasteiger partial charge is 0.189 e. The summed E-state index contributed by atoms with van der Waals surface area (Å²) < 4.78 is 11.1.